The van der Waals surface area contributed by atoms with Crippen LogP contribution in [0.15, 0.2) is 18.2 Å². The molecule has 4 N–H and O–H groups in total. The van der Waals surface area contributed by atoms with E-state index in [9.17, 15) is 19.8 Å². The van der Waals surface area contributed by atoms with Crippen molar-refractivity contribution in [3.63, 3.8) is 0 Å². The third-order valence-electron chi connectivity index (χ3n) is 2.83. The minimum atomic E-state index is -0.468. The van der Waals surface area contributed by atoms with E-state index in [4.69, 9.17) is 0 Å². The van der Waals surface area contributed by atoms with Gasteiger partial charge in [-0.3, -0.25) is 9.59 Å². The molecular formula is C12H14N2O4. The van der Waals surface area contributed by atoms with Gasteiger partial charge >= 0.3 is 0 Å². The van der Waals surface area contributed by atoms with Gasteiger partial charge in [-0.25, -0.2) is 0 Å². The topological polar surface area (TPSA) is 98.7 Å². The molecule has 1 fully saturated rings. The molecule has 1 aliphatic heterocycles. The fourth-order valence-corrected chi connectivity index (χ4v) is 1.83. The molecule has 1 unspecified atom stereocenters. The Morgan fingerprint density at radius 3 is 2.83 bits per heavy atom. The van der Waals surface area contributed by atoms with Crippen molar-refractivity contribution in [1.29, 1.82) is 0 Å². The molecule has 1 aromatic rings. The zero-order valence-corrected chi connectivity index (χ0v) is 9.64. The summed E-state index contributed by atoms with van der Waals surface area (Å²) in [5, 5.41) is 24.2. The lowest BCUT2D eigenvalue weighted by molar-refractivity contribution is -0.122. The van der Waals surface area contributed by atoms with Crippen LogP contribution in [0.25, 0.3) is 0 Å². The van der Waals surface area contributed by atoms with Crippen LogP contribution in [0, 0.1) is 0 Å². The summed E-state index contributed by atoms with van der Waals surface area (Å²) in [6, 6.07) is 3.60. The van der Waals surface area contributed by atoms with Crippen LogP contribution >= 0.6 is 0 Å². The Hall–Kier alpha value is -2.24. The molecule has 0 bridgehead atoms. The second-order valence-corrected chi connectivity index (χ2v) is 4.21. The molecule has 0 aliphatic carbocycles. The van der Waals surface area contributed by atoms with Gasteiger partial charge in [0.15, 0.2) is 0 Å². The van der Waals surface area contributed by atoms with Gasteiger partial charge in [0, 0.05) is 19.0 Å². The number of amides is 2. The summed E-state index contributed by atoms with van der Waals surface area (Å²) in [6.07, 6.45) is 0.939. The van der Waals surface area contributed by atoms with Gasteiger partial charge in [-0.1, -0.05) is 0 Å². The van der Waals surface area contributed by atoms with Crippen molar-refractivity contribution >= 4 is 11.8 Å². The Morgan fingerprint density at radius 1 is 1.39 bits per heavy atom. The first kappa shape index (κ1) is 12.2. The number of hydrogen-bond acceptors (Lipinski definition) is 4. The van der Waals surface area contributed by atoms with Crippen LogP contribution in [0.2, 0.25) is 0 Å². The van der Waals surface area contributed by atoms with Crippen molar-refractivity contribution in [3.8, 4) is 11.5 Å². The molecule has 6 nitrogen and oxygen atoms in total. The van der Waals surface area contributed by atoms with Gasteiger partial charge in [0.25, 0.3) is 5.91 Å². The van der Waals surface area contributed by atoms with Crippen LogP contribution in [0.1, 0.15) is 23.2 Å². The molecule has 18 heavy (non-hydrogen) atoms. The van der Waals surface area contributed by atoms with Gasteiger partial charge < -0.3 is 20.8 Å². The van der Waals surface area contributed by atoms with Crippen LogP contribution in [0.3, 0.4) is 0 Å². The predicted octanol–water partition coefficient (Wildman–Crippen LogP) is 0.106. The smallest absolute Gasteiger partial charge is 0.255 e. The Morgan fingerprint density at radius 2 is 2.17 bits per heavy atom. The summed E-state index contributed by atoms with van der Waals surface area (Å²) in [4.78, 5) is 22.8. The molecule has 1 aliphatic rings. The van der Waals surface area contributed by atoms with E-state index >= 15 is 0 Å². The van der Waals surface area contributed by atoms with E-state index in [1.54, 1.807) is 0 Å². The van der Waals surface area contributed by atoms with Gasteiger partial charge in [0.05, 0.1) is 5.56 Å². The number of benzene rings is 1. The third kappa shape index (κ3) is 2.71. The highest BCUT2D eigenvalue weighted by atomic mass is 16.3. The summed E-state index contributed by atoms with van der Waals surface area (Å²) < 4.78 is 0. The number of aromatic hydroxyl groups is 2. The largest absolute Gasteiger partial charge is 0.508 e. The molecule has 0 aromatic heterocycles. The zero-order chi connectivity index (χ0) is 13.1. The summed E-state index contributed by atoms with van der Waals surface area (Å²) in [5.74, 6) is -0.773. The maximum Gasteiger partial charge on any atom is 0.255 e. The number of phenols is 2. The number of nitrogens with one attached hydrogen (secondary N) is 2. The fraction of sp³-hybridized carbons (Fsp3) is 0.333. The molecule has 2 rings (SSSR count). The summed E-state index contributed by atoms with van der Waals surface area (Å²) in [6.45, 7) is 0.379. The Bertz CT molecular complexity index is 477. The van der Waals surface area contributed by atoms with E-state index < -0.39 is 5.91 Å². The van der Waals surface area contributed by atoms with Crippen molar-refractivity contribution < 1.29 is 19.8 Å². The molecule has 1 atom stereocenters. The Kier molecular flexibility index (Phi) is 3.36. The SMILES string of the molecule is O=C1CCC(NC(=O)c2cc(O)ccc2O)CN1. The maximum atomic E-state index is 11.9. The highest BCUT2D eigenvalue weighted by Gasteiger charge is 2.21. The fourth-order valence-electron chi connectivity index (χ4n) is 1.83. The van der Waals surface area contributed by atoms with Crippen LogP contribution in [-0.2, 0) is 4.79 Å². The highest BCUT2D eigenvalue weighted by molar-refractivity contribution is 5.97. The molecule has 1 saturated heterocycles. The molecule has 2 amide bonds. The van der Waals surface area contributed by atoms with Crippen molar-refractivity contribution in [3.05, 3.63) is 23.8 Å². The Labute approximate surface area is 104 Å². The highest BCUT2D eigenvalue weighted by Crippen LogP contribution is 2.22. The molecule has 1 heterocycles. The predicted molar refractivity (Wildman–Crippen MR) is 63.3 cm³/mol. The minimum absolute atomic E-state index is 0.0203. The van der Waals surface area contributed by atoms with Gasteiger partial charge in [-0.15, -0.1) is 0 Å². The monoisotopic (exact) mass is 250 g/mol. The average molecular weight is 250 g/mol. The number of phenolic OH excluding ortho intramolecular Hbond substituents is 2. The van der Waals surface area contributed by atoms with Gasteiger partial charge in [-0.05, 0) is 24.6 Å². The number of rotatable bonds is 2. The van der Waals surface area contributed by atoms with E-state index in [2.05, 4.69) is 10.6 Å². The first-order valence-corrected chi connectivity index (χ1v) is 5.66. The molecule has 1 aromatic carbocycles. The van der Waals surface area contributed by atoms with Gasteiger partial charge in [0.1, 0.15) is 11.5 Å². The van der Waals surface area contributed by atoms with Gasteiger partial charge in [-0.2, -0.15) is 0 Å². The average Bonchev–Trinajstić information content (AvgIpc) is 2.35. The van der Waals surface area contributed by atoms with E-state index in [-0.39, 0.29) is 29.0 Å². The first-order valence-electron chi connectivity index (χ1n) is 5.66. The zero-order valence-electron chi connectivity index (χ0n) is 9.64. The standard InChI is InChI=1S/C12H14N2O4/c15-8-2-3-10(16)9(5-8)12(18)14-7-1-4-11(17)13-6-7/h2-3,5,7,15-16H,1,4,6H2,(H,13,17)(H,14,18). The lowest BCUT2D eigenvalue weighted by Crippen LogP contribution is -2.47. The molecule has 6 heteroatoms. The minimum Gasteiger partial charge on any atom is -0.508 e. The van der Waals surface area contributed by atoms with Gasteiger partial charge in [0.2, 0.25) is 5.91 Å². The maximum absolute atomic E-state index is 11.9. The first-order chi connectivity index (χ1) is 8.56. The number of hydrogen-bond donors (Lipinski definition) is 4. The number of carbonyl (C=O) groups excluding carboxylic acids is 2. The van der Waals surface area contributed by atoms with E-state index in [0.717, 1.165) is 0 Å². The molecule has 0 radical (unpaired) electrons. The second-order valence-electron chi connectivity index (χ2n) is 4.21. The lowest BCUT2D eigenvalue weighted by Gasteiger charge is -2.23. The van der Waals surface area contributed by atoms with E-state index in [1.165, 1.54) is 18.2 Å². The van der Waals surface area contributed by atoms with E-state index in [0.29, 0.717) is 19.4 Å². The summed E-state index contributed by atoms with van der Waals surface area (Å²) in [7, 11) is 0. The van der Waals surface area contributed by atoms with Crippen LogP contribution in [0.4, 0.5) is 0 Å². The van der Waals surface area contributed by atoms with E-state index in [1.807, 2.05) is 0 Å². The molecule has 96 valence electrons. The van der Waals surface area contributed by atoms with Crippen molar-refractivity contribution in [1.82, 2.24) is 10.6 Å². The van der Waals surface area contributed by atoms with Crippen LogP contribution in [-0.4, -0.2) is 34.6 Å². The normalized spacial score (nSPS) is 19.1. The summed E-state index contributed by atoms with van der Waals surface area (Å²) >= 11 is 0. The quantitative estimate of drug-likeness (QED) is 0.560. The Balaban J connectivity index is 2.03. The number of carbonyl (C=O) groups is 2. The lowest BCUT2D eigenvalue weighted by atomic mass is 10.1. The van der Waals surface area contributed by atoms with Crippen LogP contribution < -0.4 is 10.6 Å². The molecule has 0 saturated carbocycles. The van der Waals surface area contributed by atoms with Crippen molar-refractivity contribution in [2.75, 3.05) is 6.54 Å². The summed E-state index contributed by atoms with van der Waals surface area (Å²) in [5.41, 5.74) is 0.0203. The second kappa shape index (κ2) is 4.95. The van der Waals surface area contributed by atoms with Crippen LogP contribution in [0.5, 0.6) is 11.5 Å². The van der Waals surface area contributed by atoms with Crippen molar-refractivity contribution in [2.24, 2.45) is 0 Å². The third-order valence-corrected chi connectivity index (χ3v) is 2.83. The molecular weight excluding hydrogens is 236 g/mol. The molecule has 0 spiro atoms. The number of piperidine rings is 1. The van der Waals surface area contributed by atoms with Crippen molar-refractivity contribution in [2.45, 2.75) is 18.9 Å².